The van der Waals surface area contributed by atoms with E-state index in [0.29, 0.717) is 5.92 Å². The fourth-order valence-corrected chi connectivity index (χ4v) is 2.95. The number of hydrogen-bond donors (Lipinski definition) is 1. The van der Waals surface area contributed by atoms with Gasteiger partial charge in [0.1, 0.15) is 5.75 Å². The Morgan fingerprint density at radius 2 is 1.75 bits per heavy atom. The Morgan fingerprint density at radius 3 is 2.29 bits per heavy atom. The second kappa shape index (κ2) is 9.04. The molecule has 1 aliphatic heterocycles. The highest BCUT2D eigenvalue weighted by molar-refractivity contribution is 5.81. The normalized spacial score (nSPS) is 17.1. The molecule has 1 saturated heterocycles. The van der Waals surface area contributed by atoms with E-state index < -0.39 is 6.10 Å². The molecule has 0 spiro atoms. The van der Waals surface area contributed by atoms with Crippen molar-refractivity contribution in [3.63, 3.8) is 0 Å². The van der Waals surface area contributed by atoms with E-state index in [-0.39, 0.29) is 5.91 Å². The van der Waals surface area contributed by atoms with Crippen LogP contribution in [0.4, 0.5) is 0 Å². The molecule has 0 radical (unpaired) electrons. The summed E-state index contributed by atoms with van der Waals surface area (Å²) in [5, 5.41) is 0. The van der Waals surface area contributed by atoms with Gasteiger partial charge in [0.2, 0.25) is 0 Å². The van der Waals surface area contributed by atoms with E-state index in [2.05, 4.69) is 30.9 Å². The molecule has 0 saturated carbocycles. The monoisotopic (exact) mass is 333 g/mol. The maximum absolute atomic E-state index is 12.6. The van der Waals surface area contributed by atoms with Crippen molar-refractivity contribution in [2.75, 3.05) is 39.3 Å². The van der Waals surface area contributed by atoms with Gasteiger partial charge in [-0.2, -0.15) is 0 Å². The molecule has 134 valence electrons. The average Bonchev–Trinajstić information content (AvgIpc) is 2.60. The zero-order valence-electron chi connectivity index (χ0n) is 15.2. The Bertz CT molecular complexity index is 508. The van der Waals surface area contributed by atoms with Crippen molar-refractivity contribution in [3.05, 3.63) is 29.8 Å². The number of rotatable bonds is 7. The summed E-state index contributed by atoms with van der Waals surface area (Å²) in [5.41, 5.74) is 6.83. The van der Waals surface area contributed by atoms with Gasteiger partial charge in [-0.25, -0.2) is 0 Å². The van der Waals surface area contributed by atoms with Crippen molar-refractivity contribution >= 4 is 5.91 Å². The fourth-order valence-electron chi connectivity index (χ4n) is 2.95. The predicted molar refractivity (Wildman–Crippen MR) is 97.3 cm³/mol. The standard InChI is InChI=1S/C19H31N3O2/c1-15(2)17-5-7-18(8-6-17)24-16(3)19(23)22-13-11-21(12-14-22)10-4-9-20/h5-8,15-16H,4,9-14,20H2,1-3H3. The highest BCUT2D eigenvalue weighted by Crippen LogP contribution is 2.20. The molecular weight excluding hydrogens is 302 g/mol. The molecule has 0 aromatic heterocycles. The summed E-state index contributed by atoms with van der Waals surface area (Å²) in [7, 11) is 0. The third-order valence-electron chi connectivity index (χ3n) is 4.57. The van der Waals surface area contributed by atoms with Gasteiger partial charge in [-0.05, 0) is 50.0 Å². The Labute approximate surface area is 145 Å². The first kappa shape index (κ1) is 18.7. The van der Waals surface area contributed by atoms with Crippen LogP contribution in [0.1, 0.15) is 38.7 Å². The molecule has 1 amide bonds. The van der Waals surface area contributed by atoms with E-state index in [4.69, 9.17) is 10.5 Å². The first-order valence-corrected chi connectivity index (χ1v) is 8.99. The SMILES string of the molecule is CC(Oc1ccc(C(C)C)cc1)C(=O)N1CCN(CCCN)CC1. The van der Waals surface area contributed by atoms with Gasteiger partial charge in [0.25, 0.3) is 5.91 Å². The number of carbonyl (C=O) groups excluding carboxylic acids is 1. The van der Waals surface area contributed by atoms with Crippen molar-refractivity contribution in [2.24, 2.45) is 5.73 Å². The fraction of sp³-hybridized carbons (Fsp3) is 0.632. The maximum Gasteiger partial charge on any atom is 0.263 e. The number of piperazine rings is 1. The van der Waals surface area contributed by atoms with Gasteiger partial charge < -0.3 is 15.4 Å². The minimum atomic E-state index is -0.453. The lowest BCUT2D eigenvalue weighted by Crippen LogP contribution is -2.52. The molecule has 2 N–H and O–H groups in total. The first-order chi connectivity index (χ1) is 11.5. The van der Waals surface area contributed by atoms with Crippen LogP contribution in [0.15, 0.2) is 24.3 Å². The molecule has 1 aliphatic rings. The molecule has 0 aliphatic carbocycles. The number of hydrogen-bond acceptors (Lipinski definition) is 4. The van der Waals surface area contributed by atoms with E-state index in [0.717, 1.165) is 51.4 Å². The summed E-state index contributed by atoms with van der Waals surface area (Å²) >= 11 is 0. The molecular formula is C19H31N3O2. The lowest BCUT2D eigenvalue weighted by atomic mass is 10.0. The first-order valence-electron chi connectivity index (χ1n) is 8.99. The van der Waals surface area contributed by atoms with Gasteiger partial charge in [0, 0.05) is 26.2 Å². The van der Waals surface area contributed by atoms with Crippen molar-refractivity contribution in [3.8, 4) is 5.75 Å². The Hall–Kier alpha value is -1.59. The Kier molecular flexibility index (Phi) is 7.06. The molecule has 0 bridgehead atoms. The number of nitrogens with zero attached hydrogens (tertiary/aromatic N) is 2. The third-order valence-corrected chi connectivity index (χ3v) is 4.57. The summed E-state index contributed by atoms with van der Waals surface area (Å²) in [4.78, 5) is 16.8. The summed E-state index contributed by atoms with van der Waals surface area (Å²) < 4.78 is 5.83. The molecule has 1 fully saturated rings. The van der Waals surface area contributed by atoms with Gasteiger partial charge >= 0.3 is 0 Å². The van der Waals surface area contributed by atoms with Crippen LogP contribution < -0.4 is 10.5 Å². The average molecular weight is 333 g/mol. The number of nitrogens with two attached hydrogens (primary N) is 1. The number of ether oxygens (including phenoxy) is 1. The Morgan fingerprint density at radius 1 is 1.12 bits per heavy atom. The van der Waals surface area contributed by atoms with E-state index in [1.807, 2.05) is 24.0 Å². The van der Waals surface area contributed by atoms with Gasteiger partial charge in [-0.15, -0.1) is 0 Å². The van der Waals surface area contributed by atoms with Crippen LogP contribution in [0.3, 0.4) is 0 Å². The molecule has 2 rings (SSSR count). The highest BCUT2D eigenvalue weighted by atomic mass is 16.5. The summed E-state index contributed by atoms with van der Waals surface area (Å²) in [6, 6.07) is 8.02. The van der Waals surface area contributed by atoms with Gasteiger partial charge in [-0.3, -0.25) is 9.69 Å². The molecule has 1 aromatic rings. The molecule has 1 atom stereocenters. The smallest absolute Gasteiger partial charge is 0.263 e. The predicted octanol–water partition coefficient (Wildman–Crippen LogP) is 2.07. The largest absolute Gasteiger partial charge is 0.481 e. The molecule has 1 heterocycles. The van der Waals surface area contributed by atoms with E-state index in [9.17, 15) is 4.79 Å². The van der Waals surface area contributed by atoms with Gasteiger partial charge in [0.15, 0.2) is 6.10 Å². The highest BCUT2D eigenvalue weighted by Gasteiger charge is 2.25. The molecule has 1 aromatic carbocycles. The van der Waals surface area contributed by atoms with Crippen LogP contribution in [0.5, 0.6) is 5.75 Å². The topological polar surface area (TPSA) is 58.8 Å². The molecule has 1 unspecified atom stereocenters. The number of benzene rings is 1. The summed E-state index contributed by atoms with van der Waals surface area (Å²) in [6.45, 7) is 11.3. The van der Waals surface area contributed by atoms with E-state index in [1.54, 1.807) is 0 Å². The zero-order valence-corrected chi connectivity index (χ0v) is 15.2. The van der Waals surface area contributed by atoms with E-state index in [1.165, 1.54) is 5.56 Å². The minimum absolute atomic E-state index is 0.0708. The number of carbonyl (C=O) groups is 1. The van der Waals surface area contributed by atoms with Crippen LogP contribution in [-0.4, -0.2) is 61.1 Å². The second-order valence-electron chi connectivity index (χ2n) is 6.79. The van der Waals surface area contributed by atoms with Gasteiger partial charge in [-0.1, -0.05) is 26.0 Å². The zero-order chi connectivity index (χ0) is 17.5. The van der Waals surface area contributed by atoms with Gasteiger partial charge in [0.05, 0.1) is 0 Å². The molecule has 24 heavy (non-hydrogen) atoms. The third kappa shape index (κ3) is 5.21. The van der Waals surface area contributed by atoms with Crippen LogP contribution >= 0.6 is 0 Å². The quantitative estimate of drug-likeness (QED) is 0.830. The van der Waals surface area contributed by atoms with Crippen molar-refractivity contribution in [1.82, 2.24) is 9.80 Å². The van der Waals surface area contributed by atoms with Crippen LogP contribution in [-0.2, 0) is 4.79 Å². The van der Waals surface area contributed by atoms with Crippen molar-refractivity contribution in [2.45, 2.75) is 39.2 Å². The molecule has 5 heteroatoms. The summed E-state index contributed by atoms with van der Waals surface area (Å²) in [6.07, 6.45) is 0.560. The number of amides is 1. The molecule has 5 nitrogen and oxygen atoms in total. The van der Waals surface area contributed by atoms with Crippen molar-refractivity contribution < 1.29 is 9.53 Å². The lowest BCUT2D eigenvalue weighted by molar-refractivity contribution is -0.139. The van der Waals surface area contributed by atoms with Crippen LogP contribution in [0, 0.1) is 0 Å². The van der Waals surface area contributed by atoms with Crippen molar-refractivity contribution in [1.29, 1.82) is 0 Å². The second-order valence-corrected chi connectivity index (χ2v) is 6.79. The van der Waals surface area contributed by atoms with E-state index >= 15 is 0 Å². The lowest BCUT2D eigenvalue weighted by Gasteiger charge is -2.35. The minimum Gasteiger partial charge on any atom is -0.481 e. The maximum atomic E-state index is 12.6. The Balaban J connectivity index is 1.82. The van der Waals surface area contributed by atoms with Crippen LogP contribution in [0.2, 0.25) is 0 Å². The van der Waals surface area contributed by atoms with Crippen LogP contribution in [0.25, 0.3) is 0 Å². The summed E-state index contributed by atoms with van der Waals surface area (Å²) in [5.74, 6) is 1.32.